The molecule has 18 heteroatoms. The van der Waals surface area contributed by atoms with Crippen LogP contribution in [0.1, 0.15) is 34.8 Å². The van der Waals surface area contributed by atoms with Gasteiger partial charge in [-0.2, -0.15) is 5.01 Å². The Morgan fingerprint density at radius 2 is 1.57 bits per heavy atom. The Kier molecular flexibility index (Phi) is 9.94. The van der Waals surface area contributed by atoms with Crippen LogP contribution in [0.4, 0.5) is 35.9 Å². The third-order valence-corrected chi connectivity index (χ3v) is 9.01. The van der Waals surface area contributed by atoms with Crippen LogP contribution in [0.25, 0.3) is 10.4 Å². The van der Waals surface area contributed by atoms with Crippen LogP contribution < -0.4 is 24.4 Å². The van der Waals surface area contributed by atoms with Crippen LogP contribution >= 0.6 is 11.3 Å². The first-order valence-electron chi connectivity index (χ1n) is 15.3. The number of amides is 2. The van der Waals surface area contributed by atoms with Gasteiger partial charge in [-0.05, 0) is 48.4 Å². The first-order chi connectivity index (χ1) is 24.6. The highest BCUT2D eigenvalue weighted by Crippen LogP contribution is 2.47. The van der Waals surface area contributed by atoms with E-state index in [0.29, 0.717) is 22.4 Å². The van der Waals surface area contributed by atoms with Crippen LogP contribution in [-0.4, -0.2) is 58.1 Å². The molecule has 15 nitrogen and oxygen atoms in total. The number of ether oxygens (including phenoxy) is 3. The van der Waals surface area contributed by atoms with E-state index in [0.717, 1.165) is 28.4 Å². The number of fused-ring (bicyclic) bond motifs is 1. The highest BCUT2D eigenvalue weighted by atomic mass is 32.1. The topological polar surface area (TPSA) is 166 Å². The number of benzene rings is 2. The van der Waals surface area contributed by atoms with E-state index >= 15 is 8.78 Å². The molecule has 1 aliphatic heterocycles. The van der Waals surface area contributed by atoms with Gasteiger partial charge in [-0.3, -0.25) is 24.8 Å². The van der Waals surface area contributed by atoms with Gasteiger partial charge in [0.2, 0.25) is 11.8 Å². The van der Waals surface area contributed by atoms with E-state index in [1.807, 2.05) is 0 Å². The lowest BCUT2D eigenvalue weighted by Gasteiger charge is -2.38. The zero-order valence-electron chi connectivity index (χ0n) is 27.3. The fourth-order valence-corrected chi connectivity index (χ4v) is 6.55. The number of nitrogens with zero attached hydrogens (tertiary/aromatic N) is 8. The van der Waals surface area contributed by atoms with Crippen LogP contribution in [-0.2, 0) is 17.8 Å². The molecule has 2 aromatic carbocycles. The van der Waals surface area contributed by atoms with Crippen molar-refractivity contribution in [3.8, 4) is 22.2 Å². The molecule has 0 aliphatic carbocycles. The zero-order valence-corrected chi connectivity index (χ0v) is 28.1. The first kappa shape index (κ1) is 34.6. The monoisotopic (exact) mass is 718 g/mol. The Balaban J connectivity index is 1.59. The number of nitro benzene ring substituents is 1. The lowest BCUT2D eigenvalue weighted by atomic mass is 10.0. The third kappa shape index (κ3) is 6.80. The number of hydrogen-bond acceptors (Lipinski definition) is 13. The molecule has 0 spiro atoms. The summed E-state index contributed by atoms with van der Waals surface area (Å²) < 4.78 is 45.9. The molecule has 6 rings (SSSR count). The predicted molar refractivity (Wildman–Crippen MR) is 181 cm³/mol. The van der Waals surface area contributed by atoms with Crippen molar-refractivity contribution in [2.45, 2.75) is 26.4 Å². The number of aromatic nitrogens is 4. The second-order valence-corrected chi connectivity index (χ2v) is 11.8. The van der Waals surface area contributed by atoms with Crippen LogP contribution in [0.3, 0.4) is 0 Å². The zero-order chi connectivity index (χ0) is 36.2. The Labute approximate surface area is 292 Å². The molecule has 0 bridgehead atoms. The molecule has 2 amide bonds. The maximum Gasteiger partial charge on any atom is 0.415 e. The van der Waals surface area contributed by atoms with E-state index in [1.54, 1.807) is 19.1 Å². The van der Waals surface area contributed by atoms with Gasteiger partial charge in [-0.15, -0.1) is 31.7 Å². The maximum atomic E-state index is 15.1. The van der Waals surface area contributed by atoms with Crippen molar-refractivity contribution in [2.24, 2.45) is 0 Å². The van der Waals surface area contributed by atoms with Gasteiger partial charge in [0, 0.05) is 40.3 Å². The smallest absolute Gasteiger partial charge is 0.415 e. The summed E-state index contributed by atoms with van der Waals surface area (Å²) in [4.78, 5) is 41.0. The van der Waals surface area contributed by atoms with E-state index in [-0.39, 0.29) is 52.8 Å². The summed E-state index contributed by atoms with van der Waals surface area (Å²) in [5, 5.41) is 30.6. The number of non-ortho nitro benzene ring substituents is 1. The van der Waals surface area contributed by atoms with Crippen molar-refractivity contribution in [2.75, 3.05) is 35.7 Å². The van der Waals surface area contributed by atoms with Crippen molar-refractivity contribution in [3.63, 3.8) is 0 Å². The van der Waals surface area contributed by atoms with Gasteiger partial charge in [0.15, 0.2) is 11.6 Å². The van der Waals surface area contributed by atoms with Crippen LogP contribution in [0.5, 0.6) is 11.8 Å². The minimum atomic E-state index is -0.953. The van der Waals surface area contributed by atoms with Crippen molar-refractivity contribution in [1.29, 1.82) is 0 Å². The number of methoxy groups -OCH3 is 2. The molecule has 51 heavy (non-hydrogen) atoms. The van der Waals surface area contributed by atoms with Gasteiger partial charge < -0.3 is 14.2 Å². The molecule has 0 atom stereocenters. The van der Waals surface area contributed by atoms with Crippen molar-refractivity contribution < 1.29 is 37.5 Å². The molecule has 0 fully saturated rings. The van der Waals surface area contributed by atoms with Gasteiger partial charge >= 0.3 is 6.09 Å². The summed E-state index contributed by atoms with van der Waals surface area (Å²) in [6, 6.07) is 15.0. The van der Waals surface area contributed by atoms with E-state index in [4.69, 9.17) is 14.2 Å². The van der Waals surface area contributed by atoms with Gasteiger partial charge in [-0.1, -0.05) is 13.0 Å². The molecule has 5 aromatic rings. The molecule has 0 saturated heterocycles. The largest absolute Gasteiger partial charge is 0.480 e. The van der Waals surface area contributed by atoms with Crippen LogP contribution in [0.15, 0.2) is 66.7 Å². The lowest BCUT2D eigenvalue weighted by molar-refractivity contribution is -0.384. The van der Waals surface area contributed by atoms with Crippen LogP contribution in [0, 0.1) is 21.7 Å². The van der Waals surface area contributed by atoms with E-state index in [1.165, 1.54) is 66.7 Å². The summed E-state index contributed by atoms with van der Waals surface area (Å²) in [6.45, 7) is 1.06. The molecule has 0 saturated carbocycles. The number of hydrazine groups is 1. The Morgan fingerprint density at radius 1 is 0.941 bits per heavy atom. The number of thiophene rings is 1. The minimum Gasteiger partial charge on any atom is -0.480 e. The van der Waals surface area contributed by atoms with Gasteiger partial charge in [0.25, 0.3) is 11.6 Å². The fourth-order valence-electron chi connectivity index (χ4n) is 5.25. The van der Waals surface area contributed by atoms with E-state index in [2.05, 4.69) is 20.4 Å². The van der Waals surface area contributed by atoms with Crippen molar-refractivity contribution in [1.82, 2.24) is 20.4 Å². The number of carbonyl (C=O) groups is 2. The quantitative estimate of drug-likeness (QED) is 0.110. The second-order valence-electron chi connectivity index (χ2n) is 10.8. The van der Waals surface area contributed by atoms with E-state index < -0.39 is 40.7 Å². The summed E-state index contributed by atoms with van der Waals surface area (Å²) >= 11 is 0.978. The number of rotatable bonds is 11. The Hall–Kier alpha value is -6.30. The molecule has 0 radical (unpaired) electrons. The lowest BCUT2D eigenvalue weighted by Crippen LogP contribution is -2.51. The Morgan fingerprint density at radius 3 is 2.12 bits per heavy atom. The standard InChI is InChI=1S/C33H28F2N8O7S/c1-4-16-50-33(45)40(17-21-23(34)6-5-7-24(21)35)32-29-22(30(51-32)19-8-10-20(11-9-19)43(46)47)18-41(25-12-14-27(48-2)38-36-25)42(31(29)44)26-13-15-28(49-3)39-37-26/h5-15H,4,16-18H2,1-3H3. The predicted octanol–water partition coefficient (Wildman–Crippen LogP) is 6.33. The molecular formula is C33H28F2N8O7S. The highest BCUT2D eigenvalue weighted by Gasteiger charge is 2.42. The maximum absolute atomic E-state index is 15.1. The number of carbonyl (C=O) groups excluding carboxylic acids is 2. The van der Waals surface area contributed by atoms with Crippen LogP contribution in [0.2, 0.25) is 0 Å². The molecule has 3 aromatic heterocycles. The SMILES string of the molecule is CCCOC(=O)N(Cc1c(F)cccc1F)c1sc(-c2ccc([N+](=O)[O-])cc2)c2c1C(=O)N(c1ccc(OC)nn1)N(c1ccc(OC)nn1)C2. The normalized spacial score (nSPS) is 12.4. The number of anilines is 3. The third-order valence-electron chi connectivity index (χ3n) is 7.71. The van der Waals surface area contributed by atoms with Crippen molar-refractivity contribution in [3.05, 3.63) is 105 Å². The van der Waals surface area contributed by atoms with E-state index in [9.17, 15) is 19.7 Å². The molecule has 0 N–H and O–H groups in total. The first-order valence-corrected chi connectivity index (χ1v) is 16.1. The average Bonchev–Trinajstić information content (AvgIpc) is 3.53. The molecular weight excluding hydrogens is 690 g/mol. The van der Waals surface area contributed by atoms with Gasteiger partial charge in [0.05, 0.1) is 44.4 Å². The van der Waals surface area contributed by atoms with Gasteiger partial charge in [0.1, 0.15) is 16.6 Å². The summed E-state index contributed by atoms with van der Waals surface area (Å²) in [5.41, 5.74) is 0.250. The average molecular weight is 719 g/mol. The van der Waals surface area contributed by atoms with Crippen molar-refractivity contribution >= 4 is 45.7 Å². The summed E-state index contributed by atoms with van der Waals surface area (Å²) in [6.07, 6.45) is -0.504. The Bertz CT molecular complexity index is 2060. The highest BCUT2D eigenvalue weighted by molar-refractivity contribution is 7.20. The number of halogens is 2. The molecule has 262 valence electrons. The fraction of sp³-hybridized carbons (Fsp3) is 0.212. The van der Waals surface area contributed by atoms with Gasteiger partial charge in [-0.25, -0.2) is 13.6 Å². The molecule has 0 unspecified atom stereocenters. The molecule has 1 aliphatic rings. The summed E-state index contributed by atoms with van der Waals surface area (Å²) in [5.74, 6) is -1.90. The number of nitro groups is 1. The second kappa shape index (κ2) is 14.7. The number of hydrogen-bond donors (Lipinski definition) is 0. The molecule has 4 heterocycles. The minimum absolute atomic E-state index is 0.00566. The summed E-state index contributed by atoms with van der Waals surface area (Å²) in [7, 11) is 2.83.